The predicted octanol–water partition coefficient (Wildman–Crippen LogP) is 4.77. The Hall–Kier alpha value is -2.65. The molecule has 1 atom stereocenters. The molecule has 4 rings (SSSR count). The molecule has 0 fully saturated rings. The Morgan fingerprint density at radius 3 is 1.97 bits per heavy atom. The van der Waals surface area contributed by atoms with Crippen molar-refractivity contribution >= 4 is 36.5 Å². The normalized spacial score (nSPS) is 18.4. The van der Waals surface area contributed by atoms with E-state index in [0.717, 1.165) is 30.4 Å². The molecule has 32 heavy (non-hydrogen) atoms. The number of unbranched alkanes of at least 4 members (excludes halogenated alkanes) is 2. The van der Waals surface area contributed by atoms with Crippen LogP contribution in [0.1, 0.15) is 37.3 Å². The molecule has 0 aromatic heterocycles. The van der Waals surface area contributed by atoms with Gasteiger partial charge in [0.25, 0.3) is 0 Å². The van der Waals surface area contributed by atoms with Gasteiger partial charge in [-0.25, -0.2) is 0 Å². The van der Waals surface area contributed by atoms with E-state index >= 15 is 0 Å². The van der Waals surface area contributed by atoms with Crippen molar-refractivity contribution in [3.63, 3.8) is 0 Å². The predicted molar refractivity (Wildman–Crippen MR) is 133 cm³/mol. The van der Waals surface area contributed by atoms with E-state index in [-0.39, 0.29) is 5.91 Å². The van der Waals surface area contributed by atoms with E-state index in [2.05, 4.69) is 30.3 Å². The van der Waals surface area contributed by atoms with Crippen LogP contribution >= 0.6 is 0 Å². The molecule has 0 spiro atoms. The summed E-state index contributed by atoms with van der Waals surface area (Å²) in [6.07, 6.45) is 3.08. The number of benzene rings is 3. The zero-order valence-electron chi connectivity index (χ0n) is 18.4. The molecule has 1 aliphatic rings. The first-order valence-electron chi connectivity index (χ1n) is 11.2. The zero-order chi connectivity index (χ0) is 22.4. The first-order chi connectivity index (χ1) is 15.6. The molecule has 3 aromatic carbocycles. The van der Waals surface area contributed by atoms with Crippen molar-refractivity contribution < 1.29 is 9.90 Å². The first-order valence-corrected chi connectivity index (χ1v) is 13.2. The van der Waals surface area contributed by atoms with E-state index in [1.165, 1.54) is 9.78 Å². The third-order valence-electron chi connectivity index (χ3n) is 5.87. The average molecular weight is 491 g/mol. The minimum absolute atomic E-state index is 0.0893. The van der Waals surface area contributed by atoms with Gasteiger partial charge in [0.1, 0.15) is 0 Å². The molecular weight excluding hydrogens is 461 g/mol. The number of nitrogens with zero attached hydrogens (tertiary/aromatic N) is 1. The van der Waals surface area contributed by atoms with Crippen LogP contribution in [-0.4, -0.2) is 43.1 Å². The van der Waals surface area contributed by atoms with Crippen molar-refractivity contribution in [2.75, 3.05) is 6.54 Å². The summed E-state index contributed by atoms with van der Waals surface area (Å²) < 4.78 is 1.43. The van der Waals surface area contributed by atoms with Gasteiger partial charge in [0.15, 0.2) is 0 Å². The van der Waals surface area contributed by atoms with Crippen LogP contribution in [0.3, 0.4) is 0 Å². The minimum atomic E-state index is -1.34. The number of aliphatic hydroxyl groups is 1. The van der Waals surface area contributed by atoms with Crippen LogP contribution in [0.25, 0.3) is 11.1 Å². The second kappa shape index (κ2) is 10.3. The maximum absolute atomic E-state index is 13.5. The van der Waals surface area contributed by atoms with Crippen LogP contribution in [0.15, 0.2) is 91.0 Å². The molecule has 164 valence electrons. The number of rotatable bonds is 9. The molecule has 0 bridgehead atoms. The van der Waals surface area contributed by atoms with Crippen molar-refractivity contribution in [3.8, 4) is 0 Å². The molecule has 0 saturated heterocycles. The summed E-state index contributed by atoms with van der Waals surface area (Å²) in [6.45, 7) is 2.30. The summed E-state index contributed by atoms with van der Waals surface area (Å²) in [4.78, 5) is 15.2. The van der Waals surface area contributed by atoms with Gasteiger partial charge in [0.05, 0.1) is 0 Å². The zero-order valence-corrected chi connectivity index (χ0v) is 20.1. The molecule has 4 heteroatoms. The van der Waals surface area contributed by atoms with Gasteiger partial charge >= 0.3 is 197 Å². The van der Waals surface area contributed by atoms with E-state index in [4.69, 9.17) is 0 Å². The maximum atomic E-state index is 13.5. The standard InChI is InChI=1S/C28H29NO2Se/c1-28(31)26(23-16-8-3-9-17-23)25(22-14-6-2-7-15-22)27(30)29(28)20-12-5-13-21-32-24-18-10-4-11-19-24/h2-4,6-11,14-19,31H,5,12-13,20-21H2,1H3. The fraction of sp³-hybridized carbons (Fsp3) is 0.250. The van der Waals surface area contributed by atoms with E-state index in [1.807, 2.05) is 60.7 Å². The third-order valence-corrected chi connectivity index (χ3v) is 8.18. The monoisotopic (exact) mass is 491 g/mol. The number of amides is 1. The number of hydrogen-bond acceptors (Lipinski definition) is 2. The van der Waals surface area contributed by atoms with Crippen molar-refractivity contribution in [2.24, 2.45) is 0 Å². The van der Waals surface area contributed by atoms with Gasteiger partial charge in [-0.15, -0.1) is 0 Å². The van der Waals surface area contributed by atoms with Gasteiger partial charge in [-0.05, 0) is 0 Å². The second-order valence-electron chi connectivity index (χ2n) is 8.18. The quantitative estimate of drug-likeness (QED) is 0.347. The Kier molecular flexibility index (Phi) is 7.26. The summed E-state index contributed by atoms with van der Waals surface area (Å²) in [7, 11) is 0. The Labute approximate surface area is 196 Å². The molecule has 0 radical (unpaired) electrons. The van der Waals surface area contributed by atoms with Crippen LogP contribution in [-0.2, 0) is 4.79 Å². The van der Waals surface area contributed by atoms with Crippen molar-refractivity contribution in [1.82, 2.24) is 4.90 Å². The number of carbonyl (C=O) groups excluding carboxylic acids is 1. The molecule has 3 nitrogen and oxygen atoms in total. The van der Waals surface area contributed by atoms with Crippen LogP contribution in [0, 0.1) is 0 Å². The van der Waals surface area contributed by atoms with Gasteiger partial charge in [-0.1, -0.05) is 0 Å². The summed E-state index contributed by atoms with van der Waals surface area (Å²) in [6, 6.07) is 30.1. The SMILES string of the molecule is CC1(O)C(c2ccccc2)=C(c2ccccc2)C(=O)N1CCCCC[Se]c1ccccc1. The summed E-state index contributed by atoms with van der Waals surface area (Å²) >= 11 is 0.499. The van der Waals surface area contributed by atoms with Crippen molar-refractivity contribution in [1.29, 1.82) is 0 Å². The summed E-state index contributed by atoms with van der Waals surface area (Å²) in [5, 5.41) is 12.8. The molecule has 1 heterocycles. The Bertz CT molecular complexity index is 1060. The van der Waals surface area contributed by atoms with Gasteiger partial charge in [-0.2, -0.15) is 0 Å². The molecule has 0 saturated carbocycles. The van der Waals surface area contributed by atoms with Gasteiger partial charge < -0.3 is 0 Å². The van der Waals surface area contributed by atoms with Crippen molar-refractivity contribution in [3.05, 3.63) is 102 Å². The van der Waals surface area contributed by atoms with Crippen LogP contribution < -0.4 is 4.46 Å². The Morgan fingerprint density at radius 1 is 0.781 bits per heavy atom. The van der Waals surface area contributed by atoms with Crippen LogP contribution in [0.2, 0.25) is 5.32 Å². The molecule has 0 aliphatic carbocycles. The third kappa shape index (κ3) is 4.88. The van der Waals surface area contributed by atoms with Gasteiger partial charge in [0.2, 0.25) is 0 Å². The van der Waals surface area contributed by atoms with E-state index in [9.17, 15) is 9.90 Å². The number of hydrogen-bond donors (Lipinski definition) is 1. The Morgan fingerprint density at radius 2 is 1.34 bits per heavy atom. The molecule has 1 N–H and O–H groups in total. The van der Waals surface area contributed by atoms with Crippen LogP contribution in [0.4, 0.5) is 0 Å². The fourth-order valence-corrected chi connectivity index (χ4v) is 6.24. The molecule has 1 unspecified atom stereocenters. The van der Waals surface area contributed by atoms with E-state index < -0.39 is 5.72 Å². The summed E-state index contributed by atoms with van der Waals surface area (Å²) in [5.74, 6) is -0.0893. The molecule has 1 amide bonds. The first kappa shape index (κ1) is 22.5. The average Bonchev–Trinajstić information content (AvgIpc) is 3.03. The Balaban J connectivity index is 1.46. The molecule has 1 aliphatic heterocycles. The topological polar surface area (TPSA) is 40.5 Å². The van der Waals surface area contributed by atoms with Crippen LogP contribution in [0.5, 0.6) is 0 Å². The van der Waals surface area contributed by atoms with E-state index in [0.29, 0.717) is 32.6 Å². The van der Waals surface area contributed by atoms with Gasteiger partial charge in [-0.3, -0.25) is 0 Å². The van der Waals surface area contributed by atoms with Gasteiger partial charge in [0, 0.05) is 0 Å². The molecule has 3 aromatic rings. The second-order valence-corrected chi connectivity index (χ2v) is 10.6. The molecular formula is C28H29NO2Se. The summed E-state index contributed by atoms with van der Waals surface area (Å²) in [5.41, 5.74) is 1.70. The fourth-order valence-electron chi connectivity index (χ4n) is 4.28. The number of carbonyl (C=O) groups is 1. The van der Waals surface area contributed by atoms with E-state index in [1.54, 1.807) is 11.8 Å². The van der Waals surface area contributed by atoms with Crippen molar-refractivity contribution in [2.45, 2.75) is 37.2 Å².